The molecule has 37 heavy (non-hydrogen) atoms. The molecule has 0 radical (unpaired) electrons. The molecule has 9 heteroatoms. The molecule has 0 bridgehead atoms. The highest BCUT2D eigenvalue weighted by Gasteiger charge is 2.26. The smallest absolute Gasteiger partial charge is 0.318 e. The molecule has 2 unspecified atom stereocenters. The molecule has 2 aromatic carbocycles. The van der Waals surface area contributed by atoms with Gasteiger partial charge >= 0.3 is 6.03 Å². The Morgan fingerprint density at radius 3 is 2.22 bits per heavy atom. The molecule has 3 N–H and O–H groups in total. The fourth-order valence-corrected chi connectivity index (χ4v) is 5.26. The number of sulfone groups is 1. The lowest BCUT2D eigenvalue weighted by atomic mass is 10.0. The highest BCUT2D eigenvalue weighted by Crippen LogP contribution is 2.14. The minimum absolute atomic E-state index is 0.177. The molecule has 0 aromatic heterocycles. The van der Waals surface area contributed by atoms with Crippen LogP contribution in [0.1, 0.15) is 32.3 Å². The van der Waals surface area contributed by atoms with E-state index in [1.54, 1.807) is 35.2 Å². The third kappa shape index (κ3) is 9.33. The number of rotatable bonds is 11. The molecule has 1 heterocycles. The number of carbonyl (C=O) groups is 2. The second-order valence-electron chi connectivity index (χ2n) is 9.69. The van der Waals surface area contributed by atoms with Crippen molar-refractivity contribution in [1.82, 2.24) is 20.9 Å². The van der Waals surface area contributed by atoms with E-state index in [0.717, 1.165) is 24.1 Å². The number of amides is 3. The lowest BCUT2D eigenvalue weighted by molar-refractivity contribution is -0.123. The molecule has 2 aromatic rings. The van der Waals surface area contributed by atoms with Gasteiger partial charge in [0.1, 0.15) is 6.04 Å². The first kappa shape index (κ1) is 28.4. The molecule has 3 amide bonds. The van der Waals surface area contributed by atoms with Crippen LogP contribution in [0.25, 0.3) is 0 Å². The predicted octanol–water partition coefficient (Wildman–Crippen LogP) is 3.12. The quantitative estimate of drug-likeness (QED) is 0.417. The third-order valence-electron chi connectivity index (χ3n) is 6.20. The molecule has 200 valence electrons. The van der Waals surface area contributed by atoms with Crippen molar-refractivity contribution in [1.29, 1.82) is 0 Å². The minimum atomic E-state index is -3.66. The van der Waals surface area contributed by atoms with Crippen LogP contribution in [0.5, 0.6) is 0 Å². The molecule has 0 saturated carbocycles. The lowest BCUT2D eigenvalue weighted by Gasteiger charge is -2.30. The summed E-state index contributed by atoms with van der Waals surface area (Å²) in [4.78, 5) is 28.1. The van der Waals surface area contributed by atoms with Crippen molar-refractivity contribution >= 4 is 21.8 Å². The van der Waals surface area contributed by atoms with Crippen LogP contribution in [0.3, 0.4) is 0 Å². The van der Waals surface area contributed by atoms with Gasteiger partial charge in [0.05, 0.1) is 4.90 Å². The van der Waals surface area contributed by atoms with Crippen LogP contribution in [-0.2, 0) is 21.1 Å². The van der Waals surface area contributed by atoms with Gasteiger partial charge in [0, 0.05) is 37.6 Å². The van der Waals surface area contributed by atoms with E-state index in [0.29, 0.717) is 32.4 Å². The molecular formula is C28H38N4O4S. The molecule has 1 saturated heterocycles. The zero-order valence-corrected chi connectivity index (χ0v) is 22.4. The van der Waals surface area contributed by atoms with Gasteiger partial charge in [0.2, 0.25) is 5.91 Å². The van der Waals surface area contributed by atoms with E-state index in [9.17, 15) is 18.0 Å². The van der Waals surface area contributed by atoms with Crippen LogP contribution in [0, 0.1) is 5.92 Å². The second kappa shape index (κ2) is 13.9. The summed E-state index contributed by atoms with van der Waals surface area (Å²) >= 11 is 0. The molecule has 1 aliphatic heterocycles. The molecule has 1 fully saturated rings. The summed E-state index contributed by atoms with van der Waals surface area (Å²) in [6.45, 7) is 6.60. The van der Waals surface area contributed by atoms with Crippen molar-refractivity contribution < 1.29 is 18.0 Å². The molecule has 2 atom stereocenters. The van der Waals surface area contributed by atoms with E-state index in [1.165, 1.54) is 6.08 Å². The Labute approximate surface area is 220 Å². The Hall–Kier alpha value is -3.17. The summed E-state index contributed by atoms with van der Waals surface area (Å²) in [5, 5.41) is 10.3. The van der Waals surface area contributed by atoms with Crippen LogP contribution in [0.4, 0.5) is 4.79 Å². The maximum Gasteiger partial charge on any atom is 0.318 e. The molecule has 3 rings (SSSR count). The van der Waals surface area contributed by atoms with Crippen LogP contribution in [-0.4, -0.2) is 63.5 Å². The van der Waals surface area contributed by atoms with Crippen LogP contribution in [0.2, 0.25) is 0 Å². The number of hydrogen-bond acceptors (Lipinski definition) is 5. The number of piperazine rings is 1. The fraction of sp³-hybridized carbons (Fsp3) is 0.429. The largest absolute Gasteiger partial charge is 0.348 e. The zero-order chi connectivity index (χ0) is 26.7. The SMILES string of the molecule is CC(C)CC(NC(=O)N1CCNCC1)C(=O)NC(/C=C\S(=O)(=O)c1ccccc1)CCc1ccccc1. The van der Waals surface area contributed by atoms with Crippen molar-refractivity contribution in [3.05, 3.63) is 77.7 Å². The monoisotopic (exact) mass is 526 g/mol. The predicted molar refractivity (Wildman–Crippen MR) is 146 cm³/mol. The van der Waals surface area contributed by atoms with Gasteiger partial charge in [-0.15, -0.1) is 0 Å². The van der Waals surface area contributed by atoms with Crippen molar-refractivity contribution in [2.24, 2.45) is 5.92 Å². The summed E-state index contributed by atoms with van der Waals surface area (Å²) < 4.78 is 25.7. The van der Waals surface area contributed by atoms with E-state index >= 15 is 0 Å². The standard InChI is InChI=1S/C28H38N4O4S/c1-22(2)21-26(31-28(34)32-18-16-29-17-19-32)27(33)30-24(14-13-23-9-5-3-6-10-23)15-20-37(35,36)25-11-7-4-8-12-25/h3-12,15,20,22,24,26,29H,13-14,16-19,21H2,1-2H3,(H,30,33)(H,31,34)/b20-15-. The fourth-order valence-electron chi connectivity index (χ4n) is 4.16. The van der Waals surface area contributed by atoms with E-state index in [2.05, 4.69) is 16.0 Å². The van der Waals surface area contributed by atoms with Gasteiger partial charge in [-0.05, 0) is 42.9 Å². The summed E-state index contributed by atoms with van der Waals surface area (Å²) in [7, 11) is -3.66. The molecule has 0 aliphatic carbocycles. The van der Waals surface area contributed by atoms with E-state index < -0.39 is 21.9 Å². The van der Waals surface area contributed by atoms with Crippen molar-refractivity contribution in [3.63, 3.8) is 0 Å². The third-order valence-corrected chi connectivity index (χ3v) is 7.65. The first-order valence-electron chi connectivity index (χ1n) is 12.8. The summed E-state index contributed by atoms with van der Waals surface area (Å²) in [6, 6.07) is 16.5. The van der Waals surface area contributed by atoms with Gasteiger partial charge in [0.15, 0.2) is 9.84 Å². The van der Waals surface area contributed by atoms with Crippen LogP contribution >= 0.6 is 0 Å². The summed E-state index contributed by atoms with van der Waals surface area (Å²) in [5.74, 6) is -0.146. The minimum Gasteiger partial charge on any atom is -0.348 e. The van der Waals surface area contributed by atoms with Gasteiger partial charge in [-0.3, -0.25) is 4.79 Å². The number of hydrogen-bond donors (Lipinski definition) is 3. The average Bonchev–Trinajstić information content (AvgIpc) is 2.91. The second-order valence-corrected chi connectivity index (χ2v) is 11.5. The first-order valence-corrected chi connectivity index (χ1v) is 14.4. The first-order chi connectivity index (χ1) is 17.7. The number of nitrogens with one attached hydrogen (secondary N) is 3. The van der Waals surface area contributed by atoms with Gasteiger partial charge in [-0.25, -0.2) is 13.2 Å². The Kier molecular flexibility index (Phi) is 10.7. The highest BCUT2D eigenvalue weighted by atomic mass is 32.2. The van der Waals surface area contributed by atoms with Gasteiger partial charge in [-0.2, -0.15) is 0 Å². The summed E-state index contributed by atoms with van der Waals surface area (Å²) in [6.07, 6.45) is 3.18. The molecular weight excluding hydrogens is 488 g/mol. The summed E-state index contributed by atoms with van der Waals surface area (Å²) in [5.41, 5.74) is 1.09. The number of benzene rings is 2. The van der Waals surface area contributed by atoms with Crippen molar-refractivity contribution in [2.45, 2.75) is 50.1 Å². The van der Waals surface area contributed by atoms with Gasteiger partial charge in [-0.1, -0.05) is 68.5 Å². The average molecular weight is 527 g/mol. The van der Waals surface area contributed by atoms with E-state index in [4.69, 9.17) is 0 Å². The number of aryl methyl sites for hydroxylation is 1. The number of carbonyl (C=O) groups excluding carboxylic acids is 2. The Balaban J connectivity index is 1.75. The molecule has 0 spiro atoms. The zero-order valence-electron chi connectivity index (χ0n) is 21.6. The normalized spacial score (nSPS) is 15.9. The molecule has 8 nitrogen and oxygen atoms in total. The topological polar surface area (TPSA) is 108 Å². The number of nitrogens with zero attached hydrogens (tertiary/aromatic N) is 1. The van der Waals surface area contributed by atoms with Crippen LogP contribution < -0.4 is 16.0 Å². The van der Waals surface area contributed by atoms with Crippen molar-refractivity contribution in [2.75, 3.05) is 26.2 Å². The Morgan fingerprint density at radius 2 is 1.59 bits per heavy atom. The number of urea groups is 1. The van der Waals surface area contributed by atoms with Gasteiger partial charge < -0.3 is 20.9 Å². The maximum absolute atomic E-state index is 13.4. The maximum atomic E-state index is 13.4. The molecule has 1 aliphatic rings. The Bertz CT molecular complexity index is 1130. The lowest BCUT2D eigenvalue weighted by Crippen LogP contribution is -2.56. The van der Waals surface area contributed by atoms with Gasteiger partial charge in [0.25, 0.3) is 0 Å². The van der Waals surface area contributed by atoms with Crippen LogP contribution in [0.15, 0.2) is 77.0 Å². The highest BCUT2D eigenvalue weighted by molar-refractivity contribution is 7.94. The van der Waals surface area contributed by atoms with E-state index in [1.807, 2.05) is 44.2 Å². The van der Waals surface area contributed by atoms with Crippen molar-refractivity contribution in [3.8, 4) is 0 Å². The van der Waals surface area contributed by atoms with E-state index in [-0.39, 0.29) is 22.8 Å². The Morgan fingerprint density at radius 1 is 0.973 bits per heavy atom.